The molecule has 0 radical (unpaired) electrons. The summed E-state index contributed by atoms with van der Waals surface area (Å²) < 4.78 is 20.1. The monoisotopic (exact) mass is 519 g/mol. The molecule has 0 aliphatic heterocycles. The molecule has 8 atom stereocenters. The zero-order valence-electron chi connectivity index (χ0n) is 22.1. The number of hydrazine groups is 1. The van der Waals surface area contributed by atoms with Crippen molar-refractivity contribution in [2.75, 3.05) is 31.0 Å². The molecule has 0 amide bonds. The number of halogens is 2. The molecule has 4 N–H and O–H groups in total. The van der Waals surface area contributed by atoms with Crippen molar-refractivity contribution in [1.29, 1.82) is 0 Å². The molecule has 7 heteroatoms. The number of carbonyl (C=O) groups is 1. The number of ketones is 1. The van der Waals surface area contributed by atoms with E-state index in [0.29, 0.717) is 28.9 Å². The first kappa shape index (κ1) is 26.2. The largest absolute Gasteiger partial charge is 0.395 e. The molecule has 4 aliphatic carbocycles. The minimum Gasteiger partial charge on any atom is -0.395 e. The van der Waals surface area contributed by atoms with Gasteiger partial charge in [0, 0.05) is 13.0 Å². The van der Waals surface area contributed by atoms with E-state index in [1.54, 1.807) is 6.07 Å². The molecule has 5 nitrogen and oxygen atoms in total. The van der Waals surface area contributed by atoms with Crippen molar-refractivity contribution in [2.45, 2.75) is 71.6 Å². The fourth-order valence-electron chi connectivity index (χ4n) is 9.51. The summed E-state index contributed by atoms with van der Waals surface area (Å²) in [6.45, 7) is 5.69. The number of ether oxygens (including phenoxy) is 1. The van der Waals surface area contributed by atoms with Gasteiger partial charge in [0.25, 0.3) is 0 Å². The van der Waals surface area contributed by atoms with Crippen LogP contribution in [0, 0.1) is 52.2 Å². The first-order chi connectivity index (χ1) is 17.1. The molecule has 36 heavy (non-hydrogen) atoms. The van der Waals surface area contributed by atoms with Crippen LogP contribution in [-0.2, 0) is 9.53 Å². The van der Waals surface area contributed by atoms with Gasteiger partial charge in [-0.2, -0.15) is 0 Å². The quantitative estimate of drug-likeness (QED) is 0.264. The minimum absolute atomic E-state index is 0.00105. The molecule has 3 unspecified atom stereocenters. The zero-order valence-corrected chi connectivity index (χ0v) is 22.8. The van der Waals surface area contributed by atoms with Crippen LogP contribution in [0.4, 0.5) is 15.8 Å². The Hall–Kier alpha value is -1.37. The van der Waals surface area contributed by atoms with Crippen LogP contribution in [0.3, 0.4) is 0 Å². The number of carbonyl (C=O) groups excluding carboxylic acids is 1. The van der Waals surface area contributed by atoms with Gasteiger partial charge < -0.3 is 15.5 Å². The highest BCUT2D eigenvalue weighted by molar-refractivity contribution is 6.31. The topological polar surface area (TPSA) is 81.6 Å². The van der Waals surface area contributed by atoms with Crippen molar-refractivity contribution in [3.63, 3.8) is 0 Å². The van der Waals surface area contributed by atoms with Crippen molar-refractivity contribution in [3.05, 3.63) is 23.0 Å². The smallest absolute Gasteiger partial charge is 0.166 e. The van der Waals surface area contributed by atoms with E-state index in [9.17, 15) is 9.18 Å². The van der Waals surface area contributed by atoms with Crippen LogP contribution >= 0.6 is 11.6 Å². The molecule has 5 rings (SSSR count). The average Bonchev–Trinajstić information content (AvgIpc) is 3.20. The van der Waals surface area contributed by atoms with Crippen molar-refractivity contribution in [3.8, 4) is 0 Å². The van der Waals surface area contributed by atoms with E-state index in [4.69, 9.17) is 27.9 Å². The Kier molecular flexibility index (Phi) is 7.10. The number of hydrogen-bond acceptors (Lipinski definition) is 5. The maximum atomic E-state index is 14.2. The number of methoxy groups -OCH3 is 1. The molecule has 1 aromatic carbocycles. The number of rotatable bonds is 6. The lowest BCUT2D eigenvalue weighted by atomic mass is 9.44. The summed E-state index contributed by atoms with van der Waals surface area (Å²) in [6.07, 6.45) is 10.9. The Morgan fingerprint density at radius 3 is 2.69 bits per heavy atom. The third-order valence-corrected chi connectivity index (χ3v) is 11.5. The van der Waals surface area contributed by atoms with E-state index < -0.39 is 5.82 Å². The molecule has 0 heterocycles. The van der Waals surface area contributed by atoms with Gasteiger partial charge in [0.2, 0.25) is 0 Å². The number of benzene rings is 1. The number of nitrogens with two attached hydrogens (primary N) is 2. The minimum atomic E-state index is -0.694. The van der Waals surface area contributed by atoms with Crippen LogP contribution in [0.1, 0.15) is 71.6 Å². The van der Waals surface area contributed by atoms with Gasteiger partial charge in [0.05, 0.1) is 29.5 Å². The molecule has 4 saturated carbocycles. The second-order valence-electron chi connectivity index (χ2n) is 12.8. The molecule has 0 spiro atoms. The standard InChI is InChI=1S/C29H43ClFN3O2/c1-17-10-13-29(16-36-3)18(14-17)4-5-19-20-6-7-22(28(20,2)12-11-21(19)29)25(35)15-34(33)24-9-8-23(30)26(31)27(24)32/h8-9,17-22H,4-7,10-16,32-33H2,1-3H3/t17-,18?,19-,20?,21?,22+,28-,29+/m0/s1. The Morgan fingerprint density at radius 1 is 1.17 bits per heavy atom. The number of nitrogen functional groups attached to an aromatic ring is 1. The van der Waals surface area contributed by atoms with Crippen molar-refractivity contribution in [1.82, 2.24) is 0 Å². The predicted octanol–water partition coefficient (Wildman–Crippen LogP) is 6.23. The SMILES string of the molecule is COC[C@]12CC[C@H](C)CC1CC[C@@H]1C2CC[C@@]2(C)C1CC[C@@H]2C(=O)CN(N)c1ccc(Cl)c(F)c1N. The van der Waals surface area contributed by atoms with Crippen molar-refractivity contribution < 1.29 is 13.9 Å². The predicted molar refractivity (Wildman–Crippen MR) is 143 cm³/mol. The van der Waals surface area contributed by atoms with Gasteiger partial charge in [-0.3, -0.25) is 4.79 Å². The summed E-state index contributed by atoms with van der Waals surface area (Å²) in [5.41, 5.74) is 6.42. The Balaban J connectivity index is 1.34. The van der Waals surface area contributed by atoms with Gasteiger partial charge in [0.1, 0.15) is 0 Å². The lowest BCUT2D eigenvalue weighted by Gasteiger charge is -2.62. The molecular weight excluding hydrogens is 477 g/mol. The third-order valence-electron chi connectivity index (χ3n) is 11.2. The number of nitrogens with zero attached hydrogens (tertiary/aromatic N) is 1. The second-order valence-corrected chi connectivity index (χ2v) is 13.2. The summed E-state index contributed by atoms with van der Waals surface area (Å²) in [6, 6.07) is 3.01. The van der Waals surface area contributed by atoms with Gasteiger partial charge >= 0.3 is 0 Å². The van der Waals surface area contributed by atoms with Crippen LogP contribution in [0.25, 0.3) is 0 Å². The Bertz CT molecular complexity index is 1010. The molecule has 0 saturated heterocycles. The Labute approximate surface area is 220 Å². The van der Waals surface area contributed by atoms with Crippen LogP contribution in [0.2, 0.25) is 5.02 Å². The summed E-state index contributed by atoms with van der Waals surface area (Å²) in [4.78, 5) is 13.6. The second kappa shape index (κ2) is 9.74. The van der Waals surface area contributed by atoms with Gasteiger partial charge in [-0.1, -0.05) is 31.9 Å². The number of anilines is 2. The summed E-state index contributed by atoms with van der Waals surface area (Å²) in [7, 11) is 1.88. The fraction of sp³-hybridized carbons (Fsp3) is 0.759. The van der Waals surface area contributed by atoms with Gasteiger partial charge in [0.15, 0.2) is 11.6 Å². The lowest BCUT2D eigenvalue weighted by Crippen LogP contribution is -2.56. The lowest BCUT2D eigenvalue weighted by molar-refractivity contribution is -0.154. The van der Waals surface area contributed by atoms with Crippen LogP contribution < -0.4 is 16.6 Å². The van der Waals surface area contributed by atoms with Crippen molar-refractivity contribution in [2.24, 2.45) is 52.2 Å². The molecule has 1 aromatic rings. The van der Waals surface area contributed by atoms with E-state index in [1.165, 1.54) is 49.6 Å². The molecule has 0 aromatic heterocycles. The highest BCUT2D eigenvalue weighted by atomic mass is 35.5. The van der Waals surface area contributed by atoms with Crippen LogP contribution in [0.5, 0.6) is 0 Å². The van der Waals surface area contributed by atoms with E-state index in [-0.39, 0.29) is 34.4 Å². The average molecular weight is 520 g/mol. The van der Waals surface area contributed by atoms with E-state index in [1.807, 2.05) is 7.11 Å². The summed E-state index contributed by atoms with van der Waals surface area (Å²) in [5.74, 6) is 9.23. The van der Waals surface area contributed by atoms with Gasteiger partial charge in [-0.25, -0.2) is 10.2 Å². The normalized spacial score (nSPS) is 39.7. The maximum absolute atomic E-state index is 14.2. The van der Waals surface area contributed by atoms with Crippen LogP contribution in [-0.4, -0.2) is 26.0 Å². The third kappa shape index (κ3) is 4.06. The van der Waals surface area contributed by atoms with Crippen molar-refractivity contribution >= 4 is 28.8 Å². The maximum Gasteiger partial charge on any atom is 0.166 e. The zero-order chi connectivity index (χ0) is 25.8. The Morgan fingerprint density at radius 2 is 1.94 bits per heavy atom. The van der Waals surface area contributed by atoms with E-state index in [0.717, 1.165) is 37.7 Å². The molecule has 0 bridgehead atoms. The first-order valence-corrected chi connectivity index (χ1v) is 14.3. The summed E-state index contributed by atoms with van der Waals surface area (Å²) >= 11 is 5.84. The van der Waals surface area contributed by atoms with E-state index in [2.05, 4.69) is 13.8 Å². The van der Waals surface area contributed by atoms with Gasteiger partial charge in [-0.15, -0.1) is 0 Å². The van der Waals surface area contributed by atoms with E-state index >= 15 is 0 Å². The summed E-state index contributed by atoms with van der Waals surface area (Å²) in [5, 5.41) is 1.24. The molecular formula is C29H43ClFN3O2. The number of fused-ring (bicyclic) bond motifs is 5. The highest BCUT2D eigenvalue weighted by Gasteiger charge is 2.62. The highest BCUT2D eigenvalue weighted by Crippen LogP contribution is 2.68. The first-order valence-electron chi connectivity index (χ1n) is 13.9. The fourth-order valence-corrected chi connectivity index (χ4v) is 9.68. The molecule has 200 valence electrons. The number of Topliss-reactive ketones (excluding diaryl/α,β-unsaturated/α-hetero) is 1. The molecule has 4 fully saturated rings. The van der Waals surface area contributed by atoms with Gasteiger partial charge in [-0.05, 0) is 104 Å². The number of hydrogen-bond donors (Lipinski definition) is 2. The molecule has 4 aliphatic rings. The van der Waals surface area contributed by atoms with Crippen LogP contribution in [0.15, 0.2) is 12.1 Å².